The summed E-state index contributed by atoms with van der Waals surface area (Å²) in [6, 6.07) is 9.69. The van der Waals surface area contributed by atoms with Gasteiger partial charge in [0.25, 0.3) is 0 Å². The molecule has 2 aromatic carbocycles. The second-order valence-electron chi connectivity index (χ2n) is 3.65. The lowest BCUT2D eigenvalue weighted by Crippen LogP contribution is -2.06. The third-order valence-corrected chi connectivity index (χ3v) is 4.75. The van der Waals surface area contributed by atoms with Crippen molar-refractivity contribution in [3.05, 3.63) is 56.5 Å². The van der Waals surface area contributed by atoms with Crippen molar-refractivity contribution in [3.8, 4) is 0 Å². The van der Waals surface area contributed by atoms with Crippen molar-refractivity contribution in [1.82, 2.24) is 0 Å². The molecule has 0 saturated carbocycles. The van der Waals surface area contributed by atoms with Crippen LogP contribution >= 0.6 is 54.2 Å². The van der Waals surface area contributed by atoms with Gasteiger partial charge in [0.15, 0.2) is 0 Å². The molecule has 0 bridgehead atoms. The fourth-order valence-electron chi connectivity index (χ4n) is 1.54. The average molecular weight is 340 g/mol. The highest BCUT2D eigenvalue weighted by Crippen LogP contribution is 2.27. The molecule has 0 aliphatic rings. The minimum Gasteiger partial charge on any atom is -0.317 e. The van der Waals surface area contributed by atoms with Crippen LogP contribution in [0.5, 0.6) is 0 Å². The highest BCUT2D eigenvalue weighted by Gasteiger charge is 2.10. The summed E-state index contributed by atoms with van der Waals surface area (Å²) >= 11 is 23.5. The molecule has 0 heterocycles. The molecule has 0 aliphatic carbocycles. The quantitative estimate of drug-likeness (QED) is 0.717. The second kappa shape index (κ2) is 5.86. The van der Waals surface area contributed by atoms with Gasteiger partial charge in [0.2, 0.25) is 0 Å². The Kier molecular flexibility index (Phi) is 4.64. The number of benzene rings is 2. The summed E-state index contributed by atoms with van der Waals surface area (Å²) in [5.41, 5.74) is 0. The molecule has 0 unspecified atom stereocenters. The van der Waals surface area contributed by atoms with E-state index in [0.29, 0.717) is 30.7 Å². The van der Waals surface area contributed by atoms with Crippen LogP contribution in [0.15, 0.2) is 36.4 Å². The van der Waals surface area contributed by atoms with Gasteiger partial charge in [0.1, 0.15) is 7.80 Å². The van der Waals surface area contributed by atoms with Gasteiger partial charge in [0, 0.05) is 30.7 Å². The van der Waals surface area contributed by atoms with Crippen LogP contribution in [-0.2, 0) is 4.57 Å². The maximum absolute atomic E-state index is 12.4. The lowest BCUT2D eigenvalue weighted by Gasteiger charge is -2.05. The molecule has 94 valence electrons. The van der Waals surface area contributed by atoms with E-state index in [1.807, 2.05) is 0 Å². The third kappa shape index (κ3) is 3.44. The summed E-state index contributed by atoms with van der Waals surface area (Å²) in [6.45, 7) is 0. The maximum Gasteiger partial charge on any atom is 0.132 e. The topological polar surface area (TPSA) is 17.1 Å². The maximum atomic E-state index is 12.4. The molecule has 18 heavy (non-hydrogen) atoms. The lowest BCUT2D eigenvalue weighted by molar-refractivity contribution is 0.598. The first-order valence-electron chi connectivity index (χ1n) is 4.92. The normalized spacial score (nSPS) is 10.9. The van der Waals surface area contributed by atoms with E-state index in [1.165, 1.54) is 0 Å². The highest BCUT2D eigenvalue weighted by molar-refractivity contribution is 7.61. The molecular weight excluding hydrogens is 333 g/mol. The van der Waals surface area contributed by atoms with E-state index in [2.05, 4.69) is 0 Å². The van der Waals surface area contributed by atoms with Crippen LogP contribution in [0.3, 0.4) is 0 Å². The molecule has 0 aliphatic heterocycles. The van der Waals surface area contributed by atoms with Crippen molar-refractivity contribution < 1.29 is 4.57 Å². The minimum absolute atomic E-state index is 0.448. The Hall–Kier alpha value is -0.170. The van der Waals surface area contributed by atoms with Crippen molar-refractivity contribution in [2.45, 2.75) is 0 Å². The number of hydrogen-bond donors (Lipinski definition) is 0. The van der Waals surface area contributed by atoms with Crippen LogP contribution in [0.25, 0.3) is 0 Å². The van der Waals surface area contributed by atoms with E-state index in [-0.39, 0.29) is 0 Å². The molecule has 2 rings (SSSR count). The first-order valence-corrected chi connectivity index (χ1v) is 7.84. The number of rotatable bonds is 2. The first kappa shape index (κ1) is 14.2. The summed E-state index contributed by atoms with van der Waals surface area (Å²) in [4.78, 5) is 0. The van der Waals surface area contributed by atoms with Gasteiger partial charge < -0.3 is 4.57 Å². The summed E-state index contributed by atoms with van der Waals surface area (Å²) < 4.78 is 12.4. The Morgan fingerprint density at radius 2 is 0.889 bits per heavy atom. The van der Waals surface area contributed by atoms with Gasteiger partial charge in [-0.2, -0.15) is 0 Å². The molecule has 6 heteroatoms. The van der Waals surface area contributed by atoms with Crippen LogP contribution in [0.4, 0.5) is 0 Å². The average Bonchev–Trinajstić information content (AvgIpc) is 2.25. The van der Waals surface area contributed by atoms with Crippen LogP contribution in [0.2, 0.25) is 20.1 Å². The van der Waals surface area contributed by atoms with E-state index in [4.69, 9.17) is 46.4 Å². The standard InChI is InChI=1S/C12H7Cl4OP/c13-7-1-8(14)4-11(3-7)18(17)12-5-9(15)2-10(16)6-12/h1-6,18H. The van der Waals surface area contributed by atoms with E-state index >= 15 is 0 Å². The largest absolute Gasteiger partial charge is 0.317 e. The number of halogens is 4. The van der Waals surface area contributed by atoms with Crippen LogP contribution in [0, 0.1) is 0 Å². The molecule has 2 aromatic rings. The first-order chi connectivity index (χ1) is 8.45. The van der Waals surface area contributed by atoms with Gasteiger partial charge in [-0.3, -0.25) is 0 Å². The fourth-order valence-corrected chi connectivity index (χ4v) is 4.43. The van der Waals surface area contributed by atoms with Gasteiger partial charge in [-0.1, -0.05) is 46.4 Å². The summed E-state index contributed by atoms with van der Waals surface area (Å²) in [5.74, 6) is 0. The van der Waals surface area contributed by atoms with Crippen molar-refractivity contribution >= 4 is 64.8 Å². The van der Waals surface area contributed by atoms with Gasteiger partial charge in [-0.05, 0) is 36.4 Å². The Balaban J connectivity index is 2.47. The van der Waals surface area contributed by atoms with Crippen molar-refractivity contribution in [2.75, 3.05) is 0 Å². The minimum atomic E-state index is -2.22. The molecule has 0 atom stereocenters. The van der Waals surface area contributed by atoms with Crippen molar-refractivity contribution in [1.29, 1.82) is 0 Å². The van der Waals surface area contributed by atoms with Crippen LogP contribution in [-0.4, -0.2) is 0 Å². The molecule has 1 nitrogen and oxygen atoms in total. The van der Waals surface area contributed by atoms with Gasteiger partial charge in [0.05, 0.1) is 0 Å². The highest BCUT2D eigenvalue weighted by atomic mass is 35.5. The van der Waals surface area contributed by atoms with E-state index < -0.39 is 7.80 Å². The van der Waals surface area contributed by atoms with Gasteiger partial charge in [-0.15, -0.1) is 0 Å². The summed E-state index contributed by atoms with van der Waals surface area (Å²) in [7, 11) is -2.22. The Morgan fingerprint density at radius 3 is 1.17 bits per heavy atom. The second-order valence-corrected chi connectivity index (χ2v) is 7.20. The smallest absolute Gasteiger partial charge is 0.132 e. The third-order valence-electron chi connectivity index (χ3n) is 2.25. The number of hydrogen-bond acceptors (Lipinski definition) is 1. The van der Waals surface area contributed by atoms with Gasteiger partial charge in [-0.25, -0.2) is 0 Å². The fraction of sp³-hybridized carbons (Fsp3) is 0. The molecular formula is C12H7Cl4OP. The molecule has 0 saturated heterocycles. The van der Waals surface area contributed by atoms with Gasteiger partial charge >= 0.3 is 0 Å². The van der Waals surface area contributed by atoms with E-state index in [9.17, 15) is 4.57 Å². The van der Waals surface area contributed by atoms with Crippen LogP contribution in [0.1, 0.15) is 0 Å². The monoisotopic (exact) mass is 338 g/mol. The molecule has 0 radical (unpaired) electrons. The lowest BCUT2D eigenvalue weighted by atomic mass is 10.3. The SMILES string of the molecule is O=[PH](c1cc(Cl)cc(Cl)c1)c1cc(Cl)cc(Cl)c1. The molecule has 0 fully saturated rings. The zero-order chi connectivity index (χ0) is 13.3. The zero-order valence-electron chi connectivity index (χ0n) is 8.88. The molecule has 0 spiro atoms. The van der Waals surface area contributed by atoms with E-state index in [0.717, 1.165) is 0 Å². The molecule has 0 aromatic heterocycles. The Labute approximate surface area is 125 Å². The predicted molar refractivity (Wildman–Crippen MR) is 81.2 cm³/mol. The zero-order valence-corrected chi connectivity index (χ0v) is 12.9. The molecule has 0 amide bonds. The molecule has 0 N–H and O–H groups in total. The van der Waals surface area contributed by atoms with Crippen molar-refractivity contribution in [3.63, 3.8) is 0 Å². The summed E-state index contributed by atoms with van der Waals surface area (Å²) in [5, 5.41) is 2.95. The van der Waals surface area contributed by atoms with E-state index in [1.54, 1.807) is 36.4 Å². The van der Waals surface area contributed by atoms with Crippen molar-refractivity contribution in [2.24, 2.45) is 0 Å². The Morgan fingerprint density at radius 1 is 0.611 bits per heavy atom. The predicted octanol–water partition coefficient (Wildman–Crippen LogP) is 4.81. The summed E-state index contributed by atoms with van der Waals surface area (Å²) in [6.07, 6.45) is 0. The Bertz CT molecular complexity index is 533. The van der Waals surface area contributed by atoms with Crippen LogP contribution < -0.4 is 10.6 Å².